The Bertz CT molecular complexity index is 1400. The van der Waals surface area contributed by atoms with Crippen molar-refractivity contribution in [1.29, 1.82) is 0 Å². The van der Waals surface area contributed by atoms with Crippen LogP contribution in [0.15, 0.2) is 60.7 Å². The zero-order valence-electron chi connectivity index (χ0n) is 19.5. The fourth-order valence-electron chi connectivity index (χ4n) is 3.71. The van der Waals surface area contributed by atoms with E-state index in [4.69, 9.17) is 4.74 Å². The van der Waals surface area contributed by atoms with E-state index in [-0.39, 0.29) is 18.4 Å². The lowest BCUT2D eigenvalue weighted by atomic mass is 10.0. The predicted octanol–water partition coefficient (Wildman–Crippen LogP) is 3.45. The SMILES string of the molecule is CNC(=O)c1ccc(C(=O)Nc2cccc(-c3nc(NC)nc4cc(OC)c(CO)cc34)c2)cc1. The minimum absolute atomic E-state index is 0.193. The number of nitrogens with zero attached hydrogens (tertiary/aromatic N) is 2. The third kappa shape index (κ3) is 4.90. The van der Waals surface area contributed by atoms with Crippen molar-refractivity contribution in [2.75, 3.05) is 31.8 Å². The highest BCUT2D eigenvalue weighted by Crippen LogP contribution is 2.33. The fraction of sp³-hybridized carbons (Fsp3) is 0.154. The first-order valence-corrected chi connectivity index (χ1v) is 10.9. The average molecular weight is 472 g/mol. The predicted molar refractivity (Wildman–Crippen MR) is 135 cm³/mol. The first kappa shape index (κ1) is 23.7. The molecule has 0 aliphatic heterocycles. The fourth-order valence-corrected chi connectivity index (χ4v) is 3.71. The van der Waals surface area contributed by atoms with Crippen LogP contribution in [0.2, 0.25) is 0 Å². The molecule has 3 aromatic carbocycles. The molecule has 0 atom stereocenters. The Morgan fingerprint density at radius 1 is 0.943 bits per heavy atom. The monoisotopic (exact) mass is 471 g/mol. The van der Waals surface area contributed by atoms with Crippen LogP contribution in [0.1, 0.15) is 26.3 Å². The lowest BCUT2D eigenvalue weighted by Gasteiger charge is -2.13. The van der Waals surface area contributed by atoms with E-state index < -0.39 is 0 Å². The van der Waals surface area contributed by atoms with Gasteiger partial charge in [-0.15, -0.1) is 0 Å². The smallest absolute Gasteiger partial charge is 0.255 e. The maximum absolute atomic E-state index is 12.8. The topological polar surface area (TPSA) is 125 Å². The number of benzene rings is 3. The van der Waals surface area contributed by atoms with Crippen LogP contribution in [0.25, 0.3) is 22.2 Å². The van der Waals surface area contributed by atoms with Gasteiger partial charge in [-0.2, -0.15) is 0 Å². The molecule has 1 aromatic heterocycles. The Hall–Kier alpha value is -4.50. The first-order valence-electron chi connectivity index (χ1n) is 10.9. The molecule has 9 nitrogen and oxygen atoms in total. The lowest BCUT2D eigenvalue weighted by molar-refractivity contribution is 0.0961. The Balaban J connectivity index is 1.69. The number of fused-ring (bicyclic) bond motifs is 1. The van der Waals surface area contributed by atoms with E-state index in [1.807, 2.05) is 24.3 Å². The van der Waals surface area contributed by atoms with Gasteiger partial charge in [0.05, 0.1) is 24.9 Å². The maximum atomic E-state index is 12.8. The Labute approximate surface area is 202 Å². The van der Waals surface area contributed by atoms with Crippen molar-refractivity contribution >= 4 is 34.4 Å². The highest BCUT2D eigenvalue weighted by Gasteiger charge is 2.15. The summed E-state index contributed by atoms with van der Waals surface area (Å²) in [6.45, 7) is -0.193. The third-order valence-electron chi connectivity index (χ3n) is 5.52. The highest BCUT2D eigenvalue weighted by atomic mass is 16.5. The van der Waals surface area contributed by atoms with E-state index in [0.717, 1.165) is 10.9 Å². The van der Waals surface area contributed by atoms with Gasteiger partial charge in [0.25, 0.3) is 11.8 Å². The number of nitrogens with one attached hydrogen (secondary N) is 3. The number of ether oxygens (including phenoxy) is 1. The summed E-state index contributed by atoms with van der Waals surface area (Å²) in [7, 11) is 4.83. The standard InChI is InChI=1S/C26H25N5O4/c1-27-24(33)15-7-9-16(10-8-15)25(34)29-19-6-4-5-17(11-19)23-20-12-18(14-32)22(35-3)13-21(20)30-26(28-2)31-23/h4-13,32H,14H2,1-3H3,(H,27,33)(H,29,34)(H,28,30,31). The molecular formula is C26H25N5O4. The molecule has 1 heterocycles. The number of anilines is 2. The molecule has 4 rings (SSSR count). The number of hydrogen-bond acceptors (Lipinski definition) is 7. The van der Waals surface area contributed by atoms with Gasteiger partial charge in [0, 0.05) is 53.5 Å². The zero-order valence-corrected chi connectivity index (χ0v) is 19.5. The van der Waals surface area contributed by atoms with Gasteiger partial charge in [-0.3, -0.25) is 9.59 Å². The number of aliphatic hydroxyl groups excluding tert-OH is 1. The number of carbonyl (C=O) groups excluding carboxylic acids is 2. The van der Waals surface area contributed by atoms with Crippen LogP contribution in [0.4, 0.5) is 11.6 Å². The summed E-state index contributed by atoms with van der Waals surface area (Å²) in [5.41, 5.74) is 4.15. The van der Waals surface area contributed by atoms with Crippen LogP contribution in [0.5, 0.6) is 5.75 Å². The molecule has 0 fully saturated rings. The van der Waals surface area contributed by atoms with Gasteiger partial charge >= 0.3 is 0 Å². The summed E-state index contributed by atoms with van der Waals surface area (Å²) in [4.78, 5) is 33.7. The second-order valence-electron chi connectivity index (χ2n) is 7.68. The van der Waals surface area contributed by atoms with E-state index >= 15 is 0 Å². The van der Waals surface area contributed by atoms with Crippen molar-refractivity contribution in [1.82, 2.24) is 15.3 Å². The highest BCUT2D eigenvalue weighted by molar-refractivity contribution is 6.05. The summed E-state index contributed by atoms with van der Waals surface area (Å²) < 4.78 is 5.38. The zero-order chi connectivity index (χ0) is 24.9. The van der Waals surface area contributed by atoms with Gasteiger partial charge in [0.1, 0.15) is 5.75 Å². The molecule has 178 valence electrons. The number of carbonyl (C=O) groups is 2. The number of rotatable bonds is 7. The van der Waals surface area contributed by atoms with Crippen molar-refractivity contribution < 1.29 is 19.4 Å². The third-order valence-corrected chi connectivity index (χ3v) is 5.52. The van der Waals surface area contributed by atoms with Crippen LogP contribution in [0.3, 0.4) is 0 Å². The number of methoxy groups -OCH3 is 1. The summed E-state index contributed by atoms with van der Waals surface area (Å²) in [5.74, 6) is 0.443. The van der Waals surface area contributed by atoms with Crippen molar-refractivity contribution in [2.45, 2.75) is 6.61 Å². The number of aliphatic hydroxyl groups is 1. The molecule has 0 bridgehead atoms. The van der Waals surface area contributed by atoms with Crippen LogP contribution in [-0.4, -0.2) is 48.1 Å². The van der Waals surface area contributed by atoms with E-state index in [0.29, 0.717) is 45.3 Å². The summed E-state index contributed by atoms with van der Waals surface area (Å²) in [6, 6.07) is 17.3. The molecule has 0 aliphatic carbocycles. The molecule has 2 amide bonds. The van der Waals surface area contributed by atoms with Crippen molar-refractivity contribution in [3.8, 4) is 17.0 Å². The Morgan fingerprint density at radius 3 is 2.29 bits per heavy atom. The number of amides is 2. The number of hydrogen-bond donors (Lipinski definition) is 4. The van der Waals surface area contributed by atoms with Crippen LogP contribution in [0, 0.1) is 0 Å². The molecule has 0 radical (unpaired) electrons. The van der Waals surface area contributed by atoms with Crippen LogP contribution < -0.4 is 20.7 Å². The second-order valence-corrected chi connectivity index (χ2v) is 7.68. The summed E-state index contributed by atoms with van der Waals surface area (Å²) in [5, 5.41) is 18.9. The van der Waals surface area contributed by atoms with Crippen LogP contribution >= 0.6 is 0 Å². The van der Waals surface area contributed by atoms with Gasteiger partial charge in [-0.05, 0) is 42.5 Å². The van der Waals surface area contributed by atoms with Gasteiger partial charge in [0.2, 0.25) is 5.95 Å². The second kappa shape index (κ2) is 10.2. The van der Waals surface area contributed by atoms with Gasteiger partial charge in [-0.25, -0.2) is 9.97 Å². The molecule has 0 spiro atoms. The van der Waals surface area contributed by atoms with E-state index in [9.17, 15) is 14.7 Å². The minimum atomic E-state index is -0.304. The van der Waals surface area contributed by atoms with Crippen molar-refractivity contribution in [3.63, 3.8) is 0 Å². The van der Waals surface area contributed by atoms with Crippen LogP contribution in [-0.2, 0) is 6.61 Å². The molecule has 0 saturated carbocycles. The van der Waals surface area contributed by atoms with Crippen molar-refractivity contribution in [2.24, 2.45) is 0 Å². The molecule has 0 saturated heterocycles. The lowest BCUT2D eigenvalue weighted by Crippen LogP contribution is -2.18. The van der Waals surface area contributed by atoms with E-state index in [1.165, 1.54) is 0 Å². The van der Waals surface area contributed by atoms with Crippen molar-refractivity contribution in [3.05, 3.63) is 77.4 Å². The quantitative estimate of drug-likeness (QED) is 0.325. The van der Waals surface area contributed by atoms with Gasteiger partial charge in [0.15, 0.2) is 0 Å². The molecule has 0 unspecified atom stereocenters. The maximum Gasteiger partial charge on any atom is 0.255 e. The average Bonchev–Trinajstić information content (AvgIpc) is 2.91. The van der Waals surface area contributed by atoms with E-state index in [2.05, 4.69) is 25.9 Å². The van der Waals surface area contributed by atoms with Gasteiger partial charge in [-0.1, -0.05) is 12.1 Å². The molecule has 35 heavy (non-hydrogen) atoms. The normalized spacial score (nSPS) is 10.6. The van der Waals surface area contributed by atoms with E-state index in [1.54, 1.807) is 57.6 Å². The molecule has 4 N–H and O–H groups in total. The Kier molecular flexibility index (Phi) is 6.88. The summed E-state index contributed by atoms with van der Waals surface area (Å²) in [6.07, 6.45) is 0. The number of aromatic nitrogens is 2. The largest absolute Gasteiger partial charge is 0.496 e. The summed E-state index contributed by atoms with van der Waals surface area (Å²) >= 11 is 0. The minimum Gasteiger partial charge on any atom is -0.496 e. The Morgan fingerprint density at radius 2 is 1.66 bits per heavy atom. The molecule has 9 heteroatoms. The molecule has 4 aromatic rings. The van der Waals surface area contributed by atoms with Gasteiger partial charge < -0.3 is 25.8 Å². The molecule has 0 aliphatic rings. The molecular weight excluding hydrogens is 446 g/mol. The first-order chi connectivity index (χ1) is 17.0.